The van der Waals surface area contributed by atoms with E-state index in [0.29, 0.717) is 12.6 Å². The molecule has 88 valence electrons. The molecule has 2 rings (SSSR count). The molecule has 1 aromatic rings. The van der Waals surface area contributed by atoms with E-state index in [9.17, 15) is 4.79 Å². The predicted molar refractivity (Wildman–Crippen MR) is 60.6 cm³/mol. The molecule has 16 heavy (non-hydrogen) atoms. The van der Waals surface area contributed by atoms with Gasteiger partial charge in [0.2, 0.25) is 5.91 Å². The summed E-state index contributed by atoms with van der Waals surface area (Å²) in [4.78, 5) is 15.3. The highest BCUT2D eigenvalue weighted by atomic mass is 16.1. The summed E-state index contributed by atoms with van der Waals surface area (Å²) in [5.74, 6) is -0.343. The number of rotatable bonds is 5. The maximum Gasteiger partial charge on any atom is 0.237 e. The Balaban J connectivity index is 1.99. The molecule has 1 aromatic heterocycles. The zero-order valence-corrected chi connectivity index (χ0v) is 9.73. The first-order valence-electron chi connectivity index (χ1n) is 5.56. The maximum absolute atomic E-state index is 11.1. The van der Waals surface area contributed by atoms with E-state index in [2.05, 4.69) is 14.9 Å². The standard InChI is InChI=1S/C11H18N4O/c1-11(2,10(12)16)14-6-9-5-13-7-15(9)8-3-4-8/h5,7-8,14H,3-4,6H2,1-2H3,(H2,12,16). The van der Waals surface area contributed by atoms with Gasteiger partial charge in [-0.15, -0.1) is 0 Å². The Morgan fingerprint density at radius 3 is 2.94 bits per heavy atom. The highest BCUT2D eigenvalue weighted by Gasteiger charge is 2.27. The first kappa shape index (κ1) is 11.1. The van der Waals surface area contributed by atoms with Crippen LogP contribution < -0.4 is 11.1 Å². The third kappa shape index (κ3) is 2.24. The summed E-state index contributed by atoms with van der Waals surface area (Å²) in [7, 11) is 0. The fourth-order valence-electron chi connectivity index (χ4n) is 1.55. The monoisotopic (exact) mass is 222 g/mol. The molecule has 1 saturated carbocycles. The molecule has 0 aromatic carbocycles. The molecule has 1 aliphatic rings. The van der Waals surface area contributed by atoms with Crippen molar-refractivity contribution < 1.29 is 4.79 Å². The van der Waals surface area contributed by atoms with Gasteiger partial charge >= 0.3 is 0 Å². The smallest absolute Gasteiger partial charge is 0.237 e. The average molecular weight is 222 g/mol. The molecule has 0 saturated heterocycles. The second kappa shape index (κ2) is 3.90. The van der Waals surface area contributed by atoms with Crippen molar-refractivity contribution in [3.05, 3.63) is 18.2 Å². The van der Waals surface area contributed by atoms with Crippen LogP contribution >= 0.6 is 0 Å². The number of carbonyl (C=O) groups excluding carboxylic acids is 1. The van der Waals surface area contributed by atoms with E-state index < -0.39 is 5.54 Å². The number of amides is 1. The number of aromatic nitrogens is 2. The lowest BCUT2D eigenvalue weighted by Gasteiger charge is -2.22. The fourth-order valence-corrected chi connectivity index (χ4v) is 1.55. The second-order valence-electron chi connectivity index (χ2n) is 4.87. The lowest BCUT2D eigenvalue weighted by molar-refractivity contribution is -0.123. The molecule has 1 heterocycles. The van der Waals surface area contributed by atoms with Crippen LogP contribution in [0.1, 0.15) is 38.4 Å². The molecule has 0 aliphatic heterocycles. The van der Waals surface area contributed by atoms with Crippen molar-refractivity contribution in [1.29, 1.82) is 0 Å². The van der Waals surface area contributed by atoms with Crippen LogP contribution in [-0.4, -0.2) is 21.0 Å². The quantitative estimate of drug-likeness (QED) is 0.765. The Morgan fingerprint density at radius 2 is 2.38 bits per heavy atom. The van der Waals surface area contributed by atoms with Crippen LogP contribution in [0.25, 0.3) is 0 Å². The summed E-state index contributed by atoms with van der Waals surface area (Å²) in [5.41, 5.74) is 5.72. The zero-order chi connectivity index (χ0) is 11.8. The van der Waals surface area contributed by atoms with Gasteiger partial charge < -0.3 is 10.3 Å². The number of hydrogen-bond acceptors (Lipinski definition) is 3. The molecule has 3 N–H and O–H groups in total. The summed E-state index contributed by atoms with van der Waals surface area (Å²) in [6, 6.07) is 0.607. The van der Waals surface area contributed by atoms with Gasteiger partial charge in [-0.05, 0) is 26.7 Å². The summed E-state index contributed by atoms with van der Waals surface area (Å²) in [6.07, 6.45) is 6.14. The van der Waals surface area contributed by atoms with Crippen LogP contribution in [0.15, 0.2) is 12.5 Å². The number of primary amides is 1. The fraction of sp³-hybridized carbons (Fsp3) is 0.636. The molecular formula is C11H18N4O. The molecule has 0 unspecified atom stereocenters. The van der Waals surface area contributed by atoms with Gasteiger partial charge in [0.25, 0.3) is 0 Å². The third-order valence-electron chi connectivity index (χ3n) is 3.01. The molecule has 5 heteroatoms. The minimum atomic E-state index is -0.682. The number of hydrogen-bond donors (Lipinski definition) is 2. The maximum atomic E-state index is 11.1. The van der Waals surface area contributed by atoms with Crippen molar-refractivity contribution >= 4 is 5.91 Å². The molecule has 5 nitrogen and oxygen atoms in total. The van der Waals surface area contributed by atoms with Gasteiger partial charge in [0, 0.05) is 18.8 Å². The number of carbonyl (C=O) groups is 1. The Hall–Kier alpha value is -1.36. The first-order chi connectivity index (χ1) is 7.50. The van der Waals surface area contributed by atoms with Crippen molar-refractivity contribution in [2.75, 3.05) is 0 Å². The summed E-state index contributed by atoms with van der Waals surface area (Å²) >= 11 is 0. The van der Waals surface area contributed by atoms with Crippen LogP contribution in [0.5, 0.6) is 0 Å². The van der Waals surface area contributed by atoms with Gasteiger partial charge in [-0.25, -0.2) is 4.98 Å². The Labute approximate surface area is 95.0 Å². The largest absolute Gasteiger partial charge is 0.368 e. The van der Waals surface area contributed by atoms with Gasteiger partial charge in [-0.3, -0.25) is 10.1 Å². The normalized spacial score (nSPS) is 16.4. The van der Waals surface area contributed by atoms with E-state index in [-0.39, 0.29) is 5.91 Å². The Bertz CT molecular complexity index is 392. The van der Waals surface area contributed by atoms with Crippen molar-refractivity contribution in [2.45, 2.75) is 44.8 Å². The highest BCUT2D eigenvalue weighted by Crippen LogP contribution is 2.35. The summed E-state index contributed by atoms with van der Waals surface area (Å²) in [6.45, 7) is 4.19. The number of imidazole rings is 1. The highest BCUT2D eigenvalue weighted by molar-refractivity contribution is 5.83. The van der Waals surface area contributed by atoms with E-state index >= 15 is 0 Å². The van der Waals surface area contributed by atoms with Gasteiger partial charge in [0.1, 0.15) is 0 Å². The molecule has 1 amide bonds. The number of nitrogens with two attached hydrogens (primary N) is 1. The number of nitrogens with zero attached hydrogens (tertiary/aromatic N) is 2. The molecule has 0 bridgehead atoms. The van der Waals surface area contributed by atoms with Crippen molar-refractivity contribution in [1.82, 2.24) is 14.9 Å². The topological polar surface area (TPSA) is 72.9 Å². The lowest BCUT2D eigenvalue weighted by atomic mass is 10.1. The SMILES string of the molecule is CC(C)(NCc1cncn1C1CC1)C(N)=O. The minimum Gasteiger partial charge on any atom is -0.368 e. The van der Waals surface area contributed by atoms with E-state index in [1.54, 1.807) is 13.8 Å². The van der Waals surface area contributed by atoms with E-state index in [1.165, 1.54) is 12.8 Å². The van der Waals surface area contributed by atoms with Crippen LogP contribution in [-0.2, 0) is 11.3 Å². The van der Waals surface area contributed by atoms with Crippen LogP contribution in [0.4, 0.5) is 0 Å². The minimum absolute atomic E-state index is 0.343. The van der Waals surface area contributed by atoms with Crippen molar-refractivity contribution in [3.63, 3.8) is 0 Å². The van der Waals surface area contributed by atoms with Crippen LogP contribution in [0.3, 0.4) is 0 Å². The first-order valence-corrected chi connectivity index (χ1v) is 5.56. The molecule has 1 fully saturated rings. The van der Waals surface area contributed by atoms with Gasteiger partial charge in [0.15, 0.2) is 0 Å². The van der Waals surface area contributed by atoms with E-state index in [1.807, 2.05) is 12.5 Å². The molecule has 0 radical (unpaired) electrons. The van der Waals surface area contributed by atoms with Gasteiger partial charge in [-0.2, -0.15) is 0 Å². The molecular weight excluding hydrogens is 204 g/mol. The van der Waals surface area contributed by atoms with E-state index in [0.717, 1.165) is 5.69 Å². The van der Waals surface area contributed by atoms with Crippen LogP contribution in [0, 0.1) is 0 Å². The van der Waals surface area contributed by atoms with Gasteiger partial charge in [0.05, 0.1) is 17.6 Å². The summed E-state index contributed by atoms with van der Waals surface area (Å²) < 4.78 is 2.17. The average Bonchev–Trinajstić information content (AvgIpc) is 2.95. The molecule has 1 aliphatic carbocycles. The van der Waals surface area contributed by atoms with Crippen molar-refractivity contribution in [3.8, 4) is 0 Å². The second-order valence-corrected chi connectivity index (χ2v) is 4.87. The molecule has 0 spiro atoms. The molecule has 0 atom stereocenters. The predicted octanol–water partition coefficient (Wildman–Crippen LogP) is 0.572. The Morgan fingerprint density at radius 1 is 1.69 bits per heavy atom. The lowest BCUT2D eigenvalue weighted by Crippen LogP contribution is -2.50. The van der Waals surface area contributed by atoms with Gasteiger partial charge in [-0.1, -0.05) is 0 Å². The number of nitrogens with one attached hydrogen (secondary N) is 1. The van der Waals surface area contributed by atoms with Crippen molar-refractivity contribution in [2.24, 2.45) is 5.73 Å². The zero-order valence-electron chi connectivity index (χ0n) is 9.73. The Kier molecular flexibility index (Phi) is 2.71. The summed E-state index contributed by atoms with van der Waals surface area (Å²) in [5, 5.41) is 3.15. The van der Waals surface area contributed by atoms with E-state index in [4.69, 9.17) is 5.73 Å². The van der Waals surface area contributed by atoms with Crippen LogP contribution in [0.2, 0.25) is 0 Å². The third-order valence-corrected chi connectivity index (χ3v) is 3.01.